The Kier molecular flexibility index (Phi) is 6.58. The average Bonchev–Trinajstić information content (AvgIpc) is 2.57. The summed E-state index contributed by atoms with van der Waals surface area (Å²) in [6, 6.07) is 9.65. The van der Waals surface area contributed by atoms with Crippen molar-refractivity contribution in [1.29, 1.82) is 0 Å². The lowest BCUT2D eigenvalue weighted by Crippen LogP contribution is -2.20. The molecule has 0 aromatic heterocycles. The molecule has 1 amide bonds. The van der Waals surface area contributed by atoms with Crippen molar-refractivity contribution in [3.63, 3.8) is 0 Å². The Bertz CT molecular complexity index is 803. The molecule has 0 radical (unpaired) electrons. The van der Waals surface area contributed by atoms with Crippen LogP contribution in [0, 0.1) is 13.8 Å². The lowest BCUT2D eigenvalue weighted by Gasteiger charge is -2.10. The van der Waals surface area contributed by atoms with Crippen LogP contribution >= 0.6 is 15.9 Å². The molecule has 0 saturated heterocycles. The van der Waals surface area contributed by atoms with E-state index in [-0.39, 0.29) is 5.91 Å². The summed E-state index contributed by atoms with van der Waals surface area (Å²) in [5.41, 5.74) is 6.60. The van der Waals surface area contributed by atoms with Crippen molar-refractivity contribution >= 4 is 28.1 Å². The van der Waals surface area contributed by atoms with Gasteiger partial charge in [0.15, 0.2) is 11.5 Å². The second-order valence-electron chi connectivity index (χ2n) is 5.64. The Morgan fingerprint density at radius 2 is 1.96 bits per heavy atom. The fraction of sp³-hybridized carbons (Fsp3) is 0.263. The number of nitrogens with one attached hydrogen (secondary N) is 1. The van der Waals surface area contributed by atoms with Crippen molar-refractivity contribution in [2.45, 2.75) is 20.3 Å². The smallest absolute Gasteiger partial charge is 0.244 e. The molecule has 0 heterocycles. The lowest BCUT2D eigenvalue weighted by molar-refractivity contribution is -0.120. The van der Waals surface area contributed by atoms with E-state index in [0.717, 1.165) is 21.2 Å². The first-order valence-corrected chi connectivity index (χ1v) is 8.53. The number of hydrogen-bond donors (Lipinski definition) is 1. The molecular formula is C19H21BrN2O3. The summed E-state index contributed by atoms with van der Waals surface area (Å²) in [5, 5.41) is 4.02. The normalized spacial score (nSPS) is 10.8. The van der Waals surface area contributed by atoms with Crippen molar-refractivity contribution in [3.05, 3.63) is 57.1 Å². The van der Waals surface area contributed by atoms with Crippen molar-refractivity contribution in [2.24, 2.45) is 5.10 Å². The third kappa shape index (κ3) is 5.06. The van der Waals surface area contributed by atoms with Crippen LogP contribution < -0.4 is 14.9 Å². The van der Waals surface area contributed by atoms with Gasteiger partial charge in [0.1, 0.15) is 0 Å². The number of amides is 1. The van der Waals surface area contributed by atoms with E-state index in [9.17, 15) is 4.79 Å². The van der Waals surface area contributed by atoms with Gasteiger partial charge < -0.3 is 9.47 Å². The quantitative estimate of drug-likeness (QED) is 0.588. The van der Waals surface area contributed by atoms with Crippen molar-refractivity contribution in [3.8, 4) is 11.5 Å². The molecule has 25 heavy (non-hydrogen) atoms. The third-order valence-electron chi connectivity index (χ3n) is 3.71. The van der Waals surface area contributed by atoms with E-state index in [1.165, 1.54) is 5.56 Å². The number of benzene rings is 2. The van der Waals surface area contributed by atoms with Gasteiger partial charge in [0.25, 0.3) is 0 Å². The van der Waals surface area contributed by atoms with Gasteiger partial charge in [-0.15, -0.1) is 0 Å². The van der Waals surface area contributed by atoms with E-state index in [0.29, 0.717) is 17.9 Å². The minimum absolute atomic E-state index is 0.164. The number of carbonyl (C=O) groups excluding carboxylic acids is 1. The van der Waals surface area contributed by atoms with E-state index >= 15 is 0 Å². The van der Waals surface area contributed by atoms with Crippen LogP contribution in [0.25, 0.3) is 0 Å². The van der Waals surface area contributed by atoms with Crippen LogP contribution in [0.4, 0.5) is 0 Å². The Morgan fingerprint density at radius 3 is 2.60 bits per heavy atom. The fourth-order valence-corrected chi connectivity index (χ4v) is 3.07. The first-order valence-electron chi connectivity index (χ1n) is 7.74. The summed E-state index contributed by atoms with van der Waals surface area (Å²) in [4.78, 5) is 12.1. The highest BCUT2D eigenvalue weighted by atomic mass is 79.9. The van der Waals surface area contributed by atoms with E-state index in [1.54, 1.807) is 26.5 Å². The molecule has 0 aliphatic carbocycles. The van der Waals surface area contributed by atoms with Gasteiger partial charge in [0.05, 0.1) is 31.3 Å². The van der Waals surface area contributed by atoms with Gasteiger partial charge in [-0.1, -0.05) is 23.8 Å². The van der Waals surface area contributed by atoms with Gasteiger partial charge in [-0.2, -0.15) is 5.10 Å². The largest absolute Gasteiger partial charge is 0.493 e. The summed E-state index contributed by atoms with van der Waals surface area (Å²) < 4.78 is 11.3. The first kappa shape index (κ1) is 19.0. The van der Waals surface area contributed by atoms with Crippen LogP contribution in [0.5, 0.6) is 11.5 Å². The minimum atomic E-state index is -0.164. The molecule has 0 saturated carbocycles. The predicted octanol–water partition coefficient (Wildman–Crippen LogP) is 3.78. The second kappa shape index (κ2) is 8.67. The van der Waals surface area contributed by atoms with Gasteiger partial charge in [0.2, 0.25) is 5.91 Å². The van der Waals surface area contributed by atoms with Gasteiger partial charge in [0, 0.05) is 0 Å². The number of aryl methyl sites for hydroxylation is 2. The second-order valence-corrected chi connectivity index (χ2v) is 6.49. The van der Waals surface area contributed by atoms with Gasteiger partial charge >= 0.3 is 0 Å². The zero-order valence-electron chi connectivity index (χ0n) is 14.7. The van der Waals surface area contributed by atoms with Crippen molar-refractivity contribution in [2.75, 3.05) is 14.2 Å². The summed E-state index contributed by atoms with van der Waals surface area (Å²) >= 11 is 3.42. The molecule has 0 fully saturated rings. The van der Waals surface area contributed by atoms with Crippen molar-refractivity contribution in [1.82, 2.24) is 5.43 Å². The van der Waals surface area contributed by atoms with E-state index < -0.39 is 0 Å². The molecule has 2 rings (SSSR count). The predicted molar refractivity (Wildman–Crippen MR) is 103 cm³/mol. The fourth-order valence-electron chi connectivity index (χ4n) is 2.45. The number of hydrazone groups is 1. The molecule has 2 aromatic rings. The monoisotopic (exact) mass is 404 g/mol. The highest BCUT2D eigenvalue weighted by molar-refractivity contribution is 9.10. The Morgan fingerprint density at radius 1 is 1.20 bits per heavy atom. The number of carbonyl (C=O) groups is 1. The Labute approximate surface area is 156 Å². The molecule has 2 aromatic carbocycles. The van der Waals surface area contributed by atoms with Crippen LogP contribution in [0.3, 0.4) is 0 Å². The Balaban J connectivity index is 2.03. The average molecular weight is 405 g/mol. The van der Waals surface area contributed by atoms with Crippen LogP contribution in [-0.2, 0) is 11.2 Å². The maximum Gasteiger partial charge on any atom is 0.244 e. The molecular weight excluding hydrogens is 384 g/mol. The number of ether oxygens (including phenoxy) is 2. The molecule has 0 spiro atoms. The van der Waals surface area contributed by atoms with Crippen LogP contribution in [0.1, 0.15) is 22.3 Å². The number of rotatable bonds is 6. The molecule has 6 heteroatoms. The van der Waals surface area contributed by atoms with Gasteiger partial charge in [-0.25, -0.2) is 5.43 Å². The zero-order chi connectivity index (χ0) is 18.4. The molecule has 5 nitrogen and oxygen atoms in total. The molecule has 0 bridgehead atoms. The van der Waals surface area contributed by atoms with Crippen LogP contribution in [0.15, 0.2) is 39.9 Å². The summed E-state index contributed by atoms with van der Waals surface area (Å²) in [6.45, 7) is 4.03. The lowest BCUT2D eigenvalue weighted by atomic mass is 10.0. The minimum Gasteiger partial charge on any atom is -0.493 e. The molecule has 0 unspecified atom stereocenters. The zero-order valence-corrected chi connectivity index (χ0v) is 16.3. The summed E-state index contributed by atoms with van der Waals surface area (Å²) in [5.74, 6) is 1.03. The van der Waals surface area contributed by atoms with Crippen LogP contribution in [0.2, 0.25) is 0 Å². The van der Waals surface area contributed by atoms with E-state index in [1.807, 2.05) is 32.0 Å². The number of nitrogens with zero attached hydrogens (tertiary/aromatic N) is 1. The number of methoxy groups -OCH3 is 2. The van der Waals surface area contributed by atoms with Crippen molar-refractivity contribution < 1.29 is 14.3 Å². The van der Waals surface area contributed by atoms with Gasteiger partial charge in [-0.05, 0) is 58.6 Å². The molecule has 0 atom stereocenters. The van der Waals surface area contributed by atoms with Gasteiger partial charge in [-0.3, -0.25) is 4.79 Å². The summed E-state index contributed by atoms with van der Waals surface area (Å²) in [6.07, 6.45) is 1.85. The summed E-state index contributed by atoms with van der Waals surface area (Å²) in [7, 11) is 3.14. The number of hydrogen-bond acceptors (Lipinski definition) is 4. The molecule has 1 N–H and O–H groups in total. The maximum absolute atomic E-state index is 12.1. The SMILES string of the molecule is COc1cc(/C=N/NC(=O)Cc2ccc(C)cc2C)cc(Br)c1OC. The molecule has 0 aliphatic heterocycles. The highest BCUT2D eigenvalue weighted by Crippen LogP contribution is 2.35. The molecule has 0 aliphatic rings. The number of halogens is 1. The Hall–Kier alpha value is -2.34. The standard InChI is InChI=1S/C19H21BrN2O3/c1-12-5-6-15(13(2)7-12)10-18(23)22-21-11-14-8-16(20)19(25-4)17(9-14)24-3/h5-9,11H,10H2,1-4H3,(H,22,23)/b21-11+. The maximum atomic E-state index is 12.1. The van der Waals surface area contributed by atoms with Crippen LogP contribution in [-0.4, -0.2) is 26.3 Å². The topological polar surface area (TPSA) is 59.9 Å². The third-order valence-corrected chi connectivity index (χ3v) is 4.30. The van der Waals surface area contributed by atoms with E-state index in [4.69, 9.17) is 9.47 Å². The first-order chi connectivity index (χ1) is 11.9. The van der Waals surface area contributed by atoms with E-state index in [2.05, 4.69) is 32.5 Å². The molecule has 132 valence electrons. The highest BCUT2D eigenvalue weighted by Gasteiger charge is 2.10.